The molecule has 0 bridgehead atoms. The fourth-order valence-corrected chi connectivity index (χ4v) is 6.24. The van der Waals surface area contributed by atoms with Gasteiger partial charge < -0.3 is 20.3 Å². The average molecular weight is 554 g/mol. The largest absolute Gasteiger partial charge is 0.389 e. The van der Waals surface area contributed by atoms with Crippen LogP contribution in [0.5, 0.6) is 0 Å². The number of piperidine rings is 1. The van der Waals surface area contributed by atoms with E-state index in [9.17, 15) is 27.9 Å². The number of carbonyl (C=O) groups is 2. The highest BCUT2D eigenvalue weighted by Gasteiger charge is 2.34. The van der Waals surface area contributed by atoms with Gasteiger partial charge >= 0.3 is 0 Å². The van der Waals surface area contributed by atoms with E-state index in [1.807, 2.05) is 6.07 Å². The van der Waals surface area contributed by atoms with E-state index >= 15 is 0 Å². The number of amides is 1. The Morgan fingerprint density at radius 3 is 2.38 bits per heavy atom. The third kappa shape index (κ3) is 6.15. The molecule has 1 atom stereocenters. The summed E-state index contributed by atoms with van der Waals surface area (Å²) in [5.41, 5.74) is 2.54. The summed E-state index contributed by atoms with van der Waals surface area (Å²) in [4.78, 5) is 30.4. The van der Waals surface area contributed by atoms with E-state index in [1.54, 1.807) is 4.90 Å². The van der Waals surface area contributed by atoms with E-state index in [2.05, 4.69) is 34.7 Å². The second-order valence-corrected chi connectivity index (χ2v) is 10.9. The fourth-order valence-electron chi connectivity index (χ4n) is 6.24. The molecule has 1 aromatic heterocycles. The summed E-state index contributed by atoms with van der Waals surface area (Å²) < 4.78 is 40.1. The topological polar surface area (TPSA) is 85.4 Å². The maximum Gasteiger partial charge on any atom is 0.246 e. The van der Waals surface area contributed by atoms with Gasteiger partial charge in [0.1, 0.15) is 6.61 Å². The number of para-hydroxylation sites is 1. The van der Waals surface area contributed by atoms with Crippen LogP contribution < -0.4 is 5.32 Å². The number of likely N-dealkylation sites (tertiary alicyclic amines) is 1. The molecule has 1 saturated heterocycles. The first kappa shape index (κ1) is 28.1. The normalized spacial score (nSPS) is 21.2. The molecule has 5 rings (SSSR count). The summed E-state index contributed by atoms with van der Waals surface area (Å²) in [7, 11) is 0. The molecular weight excluding hydrogens is 519 g/mol. The number of nitrogens with zero attached hydrogens (tertiary/aromatic N) is 1. The number of aromatic nitrogens is 1. The highest BCUT2D eigenvalue weighted by molar-refractivity contribution is 5.92. The predicted molar refractivity (Wildman–Crippen MR) is 147 cm³/mol. The lowest BCUT2D eigenvalue weighted by Crippen LogP contribution is -2.52. The molecule has 40 heavy (non-hydrogen) atoms. The van der Waals surface area contributed by atoms with Crippen molar-refractivity contribution in [1.29, 1.82) is 0 Å². The lowest BCUT2D eigenvalue weighted by Gasteiger charge is -2.38. The maximum absolute atomic E-state index is 13.4. The minimum atomic E-state index is -1.55. The molecule has 0 spiro atoms. The first-order valence-corrected chi connectivity index (χ1v) is 13.9. The quantitative estimate of drug-likeness (QED) is 0.268. The first-order valence-electron chi connectivity index (χ1n) is 13.9. The second-order valence-electron chi connectivity index (χ2n) is 10.9. The average Bonchev–Trinajstić information content (AvgIpc) is 3.41. The van der Waals surface area contributed by atoms with Gasteiger partial charge in [0, 0.05) is 42.3 Å². The van der Waals surface area contributed by atoms with Gasteiger partial charge in [0.2, 0.25) is 5.91 Å². The van der Waals surface area contributed by atoms with Gasteiger partial charge in [0.15, 0.2) is 23.2 Å². The lowest BCUT2D eigenvalue weighted by molar-refractivity contribution is -0.128. The van der Waals surface area contributed by atoms with Crippen LogP contribution in [0.25, 0.3) is 17.0 Å². The number of carbonyl (C=O) groups excluding carboxylic acids is 2. The highest BCUT2D eigenvalue weighted by atomic mass is 19.2. The van der Waals surface area contributed by atoms with Crippen molar-refractivity contribution < 1.29 is 27.9 Å². The molecule has 1 saturated carbocycles. The van der Waals surface area contributed by atoms with E-state index in [1.165, 1.54) is 23.1 Å². The van der Waals surface area contributed by atoms with E-state index in [0.717, 1.165) is 43.3 Å². The maximum atomic E-state index is 13.4. The molecule has 2 heterocycles. The van der Waals surface area contributed by atoms with E-state index in [4.69, 9.17) is 0 Å². The Hall–Kier alpha value is -3.43. The molecule has 1 aliphatic carbocycles. The molecule has 3 aromatic rings. The molecule has 1 unspecified atom stereocenters. The van der Waals surface area contributed by atoms with Crippen LogP contribution in [0.3, 0.4) is 0 Å². The Morgan fingerprint density at radius 2 is 1.70 bits per heavy atom. The van der Waals surface area contributed by atoms with Crippen LogP contribution >= 0.6 is 0 Å². The number of Topliss-reactive ketones (excluding diaryl/α,β-unsaturated/α-hetero) is 1. The molecule has 1 amide bonds. The minimum Gasteiger partial charge on any atom is -0.389 e. The van der Waals surface area contributed by atoms with Gasteiger partial charge in [0.25, 0.3) is 0 Å². The number of benzene rings is 2. The fraction of sp³-hybridized carbons (Fsp3) is 0.419. The predicted octanol–water partition coefficient (Wildman–Crippen LogP) is 5.08. The molecule has 3 N–H and O–H groups in total. The first-order chi connectivity index (χ1) is 19.3. The Kier molecular flexibility index (Phi) is 8.71. The number of fused-ring (bicyclic) bond motifs is 1. The molecule has 2 aliphatic rings. The third-order valence-corrected chi connectivity index (χ3v) is 8.45. The van der Waals surface area contributed by atoms with Crippen molar-refractivity contribution in [3.05, 3.63) is 77.2 Å². The number of rotatable bonds is 8. The van der Waals surface area contributed by atoms with Crippen LogP contribution in [0.4, 0.5) is 13.2 Å². The molecule has 2 aromatic carbocycles. The van der Waals surface area contributed by atoms with Gasteiger partial charge in [-0.3, -0.25) is 9.59 Å². The van der Waals surface area contributed by atoms with Crippen molar-refractivity contribution in [3.63, 3.8) is 0 Å². The number of ketones is 1. The second kappa shape index (κ2) is 12.4. The van der Waals surface area contributed by atoms with Gasteiger partial charge in [-0.2, -0.15) is 0 Å². The van der Waals surface area contributed by atoms with Crippen molar-refractivity contribution >= 4 is 28.7 Å². The van der Waals surface area contributed by atoms with Crippen molar-refractivity contribution in [2.24, 2.45) is 5.92 Å². The number of H-pyrrole nitrogens is 1. The van der Waals surface area contributed by atoms with Crippen LogP contribution in [0.1, 0.15) is 55.6 Å². The molecular formula is C31H34F3N3O3. The number of aliphatic hydroxyl groups excluding tert-OH is 1. The monoisotopic (exact) mass is 553 g/mol. The number of hydrogen-bond acceptors (Lipinski definition) is 4. The zero-order chi connectivity index (χ0) is 28.2. The van der Waals surface area contributed by atoms with Crippen molar-refractivity contribution in [1.82, 2.24) is 15.2 Å². The van der Waals surface area contributed by atoms with Crippen LogP contribution in [0.2, 0.25) is 0 Å². The van der Waals surface area contributed by atoms with Gasteiger partial charge in [0.05, 0.1) is 6.04 Å². The molecule has 9 heteroatoms. The Bertz CT molecular complexity index is 1370. The zero-order valence-electron chi connectivity index (χ0n) is 22.2. The lowest BCUT2D eigenvalue weighted by atomic mass is 9.80. The summed E-state index contributed by atoms with van der Waals surface area (Å²) in [6.07, 6.45) is 9.67. The molecule has 2 fully saturated rings. The number of aromatic amines is 1. The minimum absolute atomic E-state index is 0.0145. The van der Waals surface area contributed by atoms with Gasteiger partial charge in [-0.15, -0.1) is 0 Å². The summed E-state index contributed by atoms with van der Waals surface area (Å²) in [6, 6.07) is 9.69. The molecule has 1 aliphatic heterocycles. The van der Waals surface area contributed by atoms with Crippen LogP contribution in [-0.2, 0) is 9.59 Å². The zero-order valence-corrected chi connectivity index (χ0v) is 22.2. The van der Waals surface area contributed by atoms with Crippen LogP contribution in [-0.4, -0.2) is 58.5 Å². The standard InChI is InChI=1S/C31H34F3N3O3/c32-25-15-19(16-26(33)30(25)34)5-10-29(40)37-13-11-21(12-14-37)31(28(39)18-38)36-22-8-6-20(7-9-22)24-17-35-27-4-2-1-3-23(24)27/h1-5,10,15-17,20-22,31,35-36,38H,6-9,11-14,18H2/b10-5+. The van der Waals surface area contributed by atoms with Gasteiger partial charge in [-0.05, 0) is 85.8 Å². The van der Waals surface area contributed by atoms with Gasteiger partial charge in [-0.1, -0.05) is 18.2 Å². The third-order valence-electron chi connectivity index (χ3n) is 8.45. The summed E-state index contributed by atoms with van der Waals surface area (Å²) >= 11 is 0. The van der Waals surface area contributed by atoms with Crippen molar-refractivity contribution in [2.45, 2.75) is 56.5 Å². The molecule has 0 radical (unpaired) electrons. The van der Waals surface area contributed by atoms with Crippen LogP contribution in [0.15, 0.2) is 48.7 Å². The number of nitrogens with one attached hydrogen (secondary N) is 2. The van der Waals surface area contributed by atoms with E-state index < -0.39 is 30.1 Å². The van der Waals surface area contributed by atoms with Crippen molar-refractivity contribution in [3.8, 4) is 0 Å². The number of aliphatic hydroxyl groups is 1. The Labute approximate surface area is 231 Å². The van der Waals surface area contributed by atoms with Crippen molar-refractivity contribution in [2.75, 3.05) is 19.7 Å². The number of hydrogen-bond donors (Lipinski definition) is 3. The molecule has 212 valence electrons. The Morgan fingerprint density at radius 1 is 1.02 bits per heavy atom. The number of halogens is 3. The van der Waals surface area contributed by atoms with Gasteiger partial charge in [-0.25, -0.2) is 13.2 Å². The highest BCUT2D eigenvalue weighted by Crippen LogP contribution is 2.37. The molecule has 6 nitrogen and oxygen atoms in total. The summed E-state index contributed by atoms with van der Waals surface area (Å²) in [5.74, 6) is -4.28. The smallest absolute Gasteiger partial charge is 0.246 e. The van der Waals surface area contributed by atoms with Crippen LogP contribution in [0, 0.1) is 23.4 Å². The summed E-state index contributed by atoms with van der Waals surface area (Å²) in [5, 5.41) is 14.5. The Balaban J connectivity index is 1.15. The SMILES string of the molecule is O=C(CO)C(NC1CCC(c2c[nH]c3ccccc23)CC1)C1CCN(C(=O)/C=C/c2cc(F)c(F)c(F)c2)CC1. The van der Waals surface area contributed by atoms with E-state index in [0.29, 0.717) is 31.8 Å². The van der Waals surface area contributed by atoms with E-state index in [-0.39, 0.29) is 29.2 Å². The summed E-state index contributed by atoms with van der Waals surface area (Å²) in [6.45, 7) is 0.309.